The van der Waals surface area contributed by atoms with Gasteiger partial charge in [0.15, 0.2) is 0 Å². The fourth-order valence-corrected chi connectivity index (χ4v) is 2.61. The molecule has 2 atom stereocenters. The quantitative estimate of drug-likeness (QED) is 0.656. The Bertz CT molecular complexity index is 486. The molecule has 1 aliphatic rings. The van der Waals surface area contributed by atoms with Crippen LogP contribution in [0.25, 0.3) is 0 Å². The van der Waals surface area contributed by atoms with Crippen LogP contribution in [0.5, 0.6) is 5.75 Å². The van der Waals surface area contributed by atoms with Crippen LogP contribution in [0, 0.1) is 17.7 Å². The number of ether oxygens (including phenoxy) is 3. The van der Waals surface area contributed by atoms with Crippen LogP contribution in [-0.2, 0) is 9.47 Å². The summed E-state index contributed by atoms with van der Waals surface area (Å²) in [5.41, 5.74) is 0.819. The van der Waals surface area contributed by atoms with E-state index in [4.69, 9.17) is 14.2 Å². The predicted octanol–water partition coefficient (Wildman–Crippen LogP) is 4.75. The zero-order valence-corrected chi connectivity index (χ0v) is 14.7. The molecule has 1 aromatic carbocycles. The number of hydrogen-bond acceptors (Lipinski definition) is 3. The predicted molar refractivity (Wildman–Crippen MR) is 89.2 cm³/mol. The van der Waals surface area contributed by atoms with Crippen molar-refractivity contribution in [3.63, 3.8) is 0 Å². The van der Waals surface area contributed by atoms with Crippen molar-refractivity contribution in [1.29, 1.82) is 0 Å². The van der Waals surface area contributed by atoms with Gasteiger partial charge in [-0.1, -0.05) is 20.3 Å². The Labute approximate surface area is 139 Å². The Hall–Kier alpha value is -1.13. The summed E-state index contributed by atoms with van der Waals surface area (Å²) in [4.78, 5) is 0. The van der Waals surface area contributed by atoms with Crippen LogP contribution < -0.4 is 4.74 Å². The van der Waals surface area contributed by atoms with E-state index in [-0.39, 0.29) is 18.0 Å². The highest BCUT2D eigenvalue weighted by Crippen LogP contribution is 2.35. The summed E-state index contributed by atoms with van der Waals surface area (Å²) in [6, 6.07) is 4.73. The lowest BCUT2D eigenvalue weighted by atomic mass is 9.95. The van der Waals surface area contributed by atoms with Crippen molar-refractivity contribution < 1.29 is 18.6 Å². The van der Waals surface area contributed by atoms with Gasteiger partial charge in [-0.15, -0.1) is 0 Å². The van der Waals surface area contributed by atoms with Crippen LogP contribution in [0.3, 0.4) is 0 Å². The molecule has 23 heavy (non-hydrogen) atoms. The second-order valence-corrected chi connectivity index (χ2v) is 6.82. The normalized spacial score (nSPS) is 17.8. The first-order chi connectivity index (χ1) is 11.0. The summed E-state index contributed by atoms with van der Waals surface area (Å²) < 4.78 is 31.0. The van der Waals surface area contributed by atoms with Crippen molar-refractivity contribution in [2.45, 2.75) is 52.7 Å². The second-order valence-electron chi connectivity index (χ2n) is 6.82. The van der Waals surface area contributed by atoms with Gasteiger partial charge >= 0.3 is 0 Å². The van der Waals surface area contributed by atoms with E-state index in [2.05, 4.69) is 13.8 Å². The summed E-state index contributed by atoms with van der Waals surface area (Å²) in [5.74, 6) is 1.43. The average Bonchev–Trinajstić information content (AvgIpc) is 2.45. The van der Waals surface area contributed by atoms with Crippen LogP contribution in [-0.4, -0.2) is 25.9 Å². The molecule has 0 N–H and O–H groups in total. The molecule has 2 rings (SSSR count). The number of rotatable bonds is 9. The molecule has 1 fully saturated rings. The number of halogens is 1. The minimum Gasteiger partial charge on any atom is -0.493 e. The summed E-state index contributed by atoms with van der Waals surface area (Å²) in [7, 11) is 0. The molecule has 1 aromatic rings. The van der Waals surface area contributed by atoms with E-state index in [1.165, 1.54) is 6.07 Å². The third-order valence-corrected chi connectivity index (χ3v) is 4.25. The van der Waals surface area contributed by atoms with Crippen LogP contribution in [0.15, 0.2) is 18.2 Å². The first-order valence-corrected chi connectivity index (χ1v) is 8.65. The Morgan fingerprint density at radius 1 is 1.26 bits per heavy atom. The van der Waals surface area contributed by atoms with Crippen molar-refractivity contribution >= 4 is 0 Å². The lowest BCUT2D eigenvalue weighted by molar-refractivity contribution is -0.0519. The van der Waals surface area contributed by atoms with E-state index >= 15 is 0 Å². The maximum absolute atomic E-state index is 13.8. The van der Waals surface area contributed by atoms with Crippen LogP contribution >= 0.6 is 0 Å². The maximum Gasteiger partial charge on any atom is 0.125 e. The molecule has 3 nitrogen and oxygen atoms in total. The third-order valence-electron chi connectivity index (χ3n) is 4.25. The van der Waals surface area contributed by atoms with Gasteiger partial charge in [-0.05, 0) is 44.4 Å². The van der Waals surface area contributed by atoms with Gasteiger partial charge < -0.3 is 14.2 Å². The topological polar surface area (TPSA) is 27.7 Å². The Kier molecular flexibility index (Phi) is 6.85. The Morgan fingerprint density at radius 2 is 2.00 bits per heavy atom. The summed E-state index contributed by atoms with van der Waals surface area (Å²) in [6.07, 6.45) is 1.87. The monoisotopic (exact) mass is 324 g/mol. The van der Waals surface area contributed by atoms with Crippen LogP contribution in [0.1, 0.15) is 52.2 Å². The first kappa shape index (κ1) is 18.2. The molecule has 0 amide bonds. The van der Waals surface area contributed by atoms with E-state index in [0.29, 0.717) is 18.4 Å². The largest absolute Gasteiger partial charge is 0.493 e. The molecule has 0 bridgehead atoms. The van der Waals surface area contributed by atoms with E-state index in [0.717, 1.165) is 37.4 Å². The Morgan fingerprint density at radius 3 is 2.57 bits per heavy atom. The van der Waals surface area contributed by atoms with Crippen molar-refractivity contribution in [3.05, 3.63) is 29.6 Å². The second kappa shape index (κ2) is 8.65. The molecule has 130 valence electrons. The highest BCUT2D eigenvalue weighted by Gasteiger charge is 2.24. The molecule has 1 heterocycles. The molecule has 1 aliphatic heterocycles. The number of hydrogen-bond donors (Lipinski definition) is 0. The summed E-state index contributed by atoms with van der Waals surface area (Å²) in [5, 5.41) is 0. The van der Waals surface area contributed by atoms with Gasteiger partial charge in [-0.3, -0.25) is 0 Å². The van der Waals surface area contributed by atoms with Gasteiger partial charge in [0.25, 0.3) is 0 Å². The van der Waals surface area contributed by atoms with Gasteiger partial charge in [0, 0.05) is 11.5 Å². The van der Waals surface area contributed by atoms with Crippen LogP contribution in [0.2, 0.25) is 0 Å². The van der Waals surface area contributed by atoms with Crippen molar-refractivity contribution in [2.24, 2.45) is 11.8 Å². The zero-order valence-electron chi connectivity index (χ0n) is 14.7. The SMILES string of the molecule is CCC(C)C[C@H](OC(C)C)c1cc(F)ccc1OCC1COC1. The molecular weight excluding hydrogens is 295 g/mol. The van der Waals surface area contributed by atoms with E-state index < -0.39 is 0 Å². The fraction of sp³-hybridized carbons (Fsp3) is 0.684. The fourth-order valence-electron chi connectivity index (χ4n) is 2.61. The zero-order chi connectivity index (χ0) is 16.8. The van der Waals surface area contributed by atoms with E-state index in [1.54, 1.807) is 12.1 Å². The van der Waals surface area contributed by atoms with Gasteiger partial charge in [-0.2, -0.15) is 0 Å². The molecule has 4 heteroatoms. The van der Waals surface area contributed by atoms with Crippen molar-refractivity contribution in [3.8, 4) is 5.75 Å². The highest BCUT2D eigenvalue weighted by atomic mass is 19.1. The van der Waals surface area contributed by atoms with E-state index in [1.807, 2.05) is 13.8 Å². The van der Waals surface area contributed by atoms with Crippen LogP contribution in [0.4, 0.5) is 4.39 Å². The van der Waals surface area contributed by atoms with Gasteiger partial charge in [0.05, 0.1) is 32.0 Å². The Balaban J connectivity index is 2.17. The molecular formula is C19H29FO3. The highest BCUT2D eigenvalue weighted by molar-refractivity contribution is 5.36. The molecule has 0 aromatic heterocycles. The van der Waals surface area contributed by atoms with Gasteiger partial charge in [-0.25, -0.2) is 4.39 Å². The lowest BCUT2D eigenvalue weighted by Crippen LogP contribution is -2.32. The third kappa shape index (κ3) is 5.47. The molecule has 0 radical (unpaired) electrons. The summed E-state index contributed by atoms with van der Waals surface area (Å²) >= 11 is 0. The molecule has 0 aliphatic carbocycles. The van der Waals surface area contributed by atoms with Gasteiger partial charge in [0.1, 0.15) is 11.6 Å². The van der Waals surface area contributed by atoms with E-state index in [9.17, 15) is 4.39 Å². The van der Waals surface area contributed by atoms with Gasteiger partial charge in [0.2, 0.25) is 0 Å². The smallest absolute Gasteiger partial charge is 0.125 e. The number of benzene rings is 1. The van der Waals surface area contributed by atoms with Crippen molar-refractivity contribution in [1.82, 2.24) is 0 Å². The molecule has 1 saturated heterocycles. The molecule has 0 spiro atoms. The first-order valence-electron chi connectivity index (χ1n) is 8.65. The standard InChI is InChI=1S/C19H29FO3/c1-5-14(4)8-19(23-13(2)3)17-9-16(20)6-7-18(17)22-12-15-10-21-11-15/h6-7,9,13-15,19H,5,8,10-12H2,1-4H3/t14?,19-/m0/s1. The maximum atomic E-state index is 13.8. The minimum absolute atomic E-state index is 0.0835. The molecule has 1 unspecified atom stereocenters. The summed E-state index contributed by atoms with van der Waals surface area (Å²) in [6.45, 7) is 10.5. The molecule has 0 saturated carbocycles. The minimum atomic E-state index is -0.249. The lowest BCUT2D eigenvalue weighted by Gasteiger charge is -2.28. The van der Waals surface area contributed by atoms with Crippen molar-refractivity contribution in [2.75, 3.05) is 19.8 Å². The average molecular weight is 324 g/mol.